The molecule has 1 atom stereocenters. The third-order valence-electron chi connectivity index (χ3n) is 4.09. The highest BCUT2D eigenvalue weighted by Gasteiger charge is 2.32. The van der Waals surface area contributed by atoms with Gasteiger partial charge in [0.2, 0.25) is 0 Å². The summed E-state index contributed by atoms with van der Waals surface area (Å²) in [5.41, 5.74) is 3.08. The van der Waals surface area contributed by atoms with Crippen molar-refractivity contribution in [1.82, 2.24) is 10.6 Å². The van der Waals surface area contributed by atoms with E-state index in [1.165, 1.54) is 5.56 Å². The highest BCUT2D eigenvalue weighted by molar-refractivity contribution is 7.99. The van der Waals surface area contributed by atoms with E-state index in [-0.39, 0.29) is 12.0 Å². The van der Waals surface area contributed by atoms with Crippen molar-refractivity contribution in [2.75, 3.05) is 18.1 Å². The Kier molecular flexibility index (Phi) is 6.93. The number of thioether (sulfide) groups is 1. The number of rotatable bonds is 7. The molecule has 2 amide bonds. The smallest absolute Gasteiger partial charge is 0.338 e. The van der Waals surface area contributed by atoms with Gasteiger partial charge in [-0.05, 0) is 29.7 Å². The van der Waals surface area contributed by atoms with Crippen LogP contribution in [0, 0.1) is 0 Å². The largest absolute Gasteiger partial charge is 0.461 e. The third kappa shape index (κ3) is 5.01. The van der Waals surface area contributed by atoms with Crippen LogP contribution < -0.4 is 10.6 Å². The van der Waals surface area contributed by atoms with Crippen LogP contribution in [0.25, 0.3) is 0 Å². The minimum Gasteiger partial charge on any atom is -0.461 e. The molecule has 0 aromatic heterocycles. The minimum absolute atomic E-state index is 0.312. The van der Waals surface area contributed by atoms with E-state index in [1.54, 1.807) is 18.7 Å². The van der Waals surface area contributed by atoms with Crippen LogP contribution >= 0.6 is 11.8 Å². The second-order valence-corrected chi connectivity index (χ2v) is 7.62. The Morgan fingerprint density at radius 3 is 2.56 bits per heavy atom. The molecule has 1 aromatic carbocycles. The molecule has 5 nitrogen and oxygen atoms in total. The van der Waals surface area contributed by atoms with E-state index in [2.05, 4.69) is 31.4 Å². The summed E-state index contributed by atoms with van der Waals surface area (Å²) in [6, 6.07) is 7.17. The van der Waals surface area contributed by atoms with Crippen molar-refractivity contribution in [2.45, 2.75) is 39.7 Å². The second kappa shape index (κ2) is 8.94. The van der Waals surface area contributed by atoms with Gasteiger partial charge in [0.25, 0.3) is 0 Å². The van der Waals surface area contributed by atoms with Crippen molar-refractivity contribution >= 4 is 23.8 Å². The van der Waals surface area contributed by atoms with Gasteiger partial charge in [-0.25, -0.2) is 9.59 Å². The molecular weight excluding hydrogens is 336 g/mol. The number of carbonyl (C=O) groups is 2. The molecule has 25 heavy (non-hydrogen) atoms. The average molecular weight is 362 g/mol. The molecule has 1 aliphatic rings. The van der Waals surface area contributed by atoms with Crippen LogP contribution in [0.4, 0.5) is 4.79 Å². The number of amides is 2. The van der Waals surface area contributed by atoms with Gasteiger partial charge in [-0.2, -0.15) is 11.8 Å². The topological polar surface area (TPSA) is 67.4 Å². The quantitative estimate of drug-likeness (QED) is 0.573. The summed E-state index contributed by atoms with van der Waals surface area (Å²) in [5, 5.41) is 5.50. The van der Waals surface area contributed by atoms with E-state index in [0.717, 1.165) is 17.1 Å². The fourth-order valence-electron chi connectivity index (χ4n) is 2.70. The fraction of sp³-hybridized carbons (Fsp3) is 0.474. The highest BCUT2D eigenvalue weighted by Crippen LogP contribution is 2.28. The van der Waals surface area contributed by atoms with Gasteiger partial charge in [0.15, 0.2) is 0 Å². The number of carbonyl (C=O) groups excluding carboxylic acids is 2. The molecule has 1 heterocycles. The molecule has 0 aliphatic carbocycles. The van der Waals surface area contributed by atoms with Crippen LogP contribution in [-0.2, 0) is 9.53 Å². The van der Waals surface area contributed by atoms with E-state index >= 15 is 0 Å². The Morgan fingerprint density at radius 2 is 1.96 bits per heavy atom. The molecule has 0 radical (unpaired) electrons. The Bertz CT molecular complexity index is 653. The van der Waals surface area contributed by atoms with Gasteiger partial charge in [-0.1, -0.05) is 45.0 Å². The maximum atomic E-state index is 12.6. The van der Waals surface area contributed by atoms with Crippen molar-refractivity contribution < 1.29 is 14.3 Å². The molecule has 0 saturated carbocycles. The number of hydrogen-bond acceptors (Lipinski definition) is 4. The van der Waals surface area contributed by atoms with E-state index in [9.17, 15) is 9.59 Å². The predicted molar refractivity (Wildman–Crippen MR) is 102 cm³/mol. The van der Waals surface area contributed by atoms with Crippen LogP contribution in [-0.4, -0.2) is 30.1 Å². The van der Waals surface area contributed by atoms with E-state index < -0.39 is 6.04 Å². The summed E-state index contributed by atoms with van der Waals surface area (Å²) in [6.45, 7) is 8.41. The van der Waals surface area contributed by atoms with Crippen molar-refractivity contribution in [3.05, 3.63) is 46.7 Å². The lowest BCUT2D eigenvalue weighted by molar-refractivity contribution is -0.138. The number of ether oxygens (including phenoxy) is 1. The lowest BCUT2D eigenvalue weighted by atomic mass is 9.93. The first-order valence-corrected chi connectivity index (χ1v) is 9.72. The van der Waals surface area contributed by atoms with Gasteiger partial charge in [-0.3, -0.25) is 0 Å². The summed E-state index contributed by atoms with van der Waals surface area (Å²) in [4.78, 5) is 24.4. The van der Waals surface area contributed by atoms with E-state index in [4.69, 9.17) is 4.74 Å². The molecule has 0 spiro atoms. The molecule has 0 saturated heterocycles. The van der Waals surface area contributed by atoms with Crippen molar-refractivity contribution in [1.29, 1.82) is 0 Å². The van der Waals surface area contributed by atoms with Crippen molar-refractivity contribution in [3.8, 4) is 0 Å². The Balaban J connectivity index is 2.22. The monoisotopic (exact) mass is 362 g/mol. The number of hydrogen-bond donors (Lipinski definition) is 2. The normalized spacial score (nSPS) is 17.3. The summed E-state index contributed by atoms with van der Waals surface area (Å²) in [7, 11) is 0. The maximum Gasteiger partial charge on any atom is 0.338 e. The van der Waals surface area contributed by atoms with Gasteiger partial charge in [-0.15, -0.1) is 0 Å². The minimum atomic E-state index is -0.499. The van der Waals surface area contributed by atoms with Crippen LogP contribution in [0.5, 0.6) is 0 Å². The number of urea groups is 1. The molecule has 1 aliphatic heterocycles. The Labute approximate surface area is 153 Å². The first kappa shape index (κ1) is 19.4. The number of nitrogens with one attached hydrogen (secondary N) is 2. The molecule has 136 valence electrons. The maximum absolute atomic E-state index is 12.6. The number of esters is 1. The lowest BCUT2D eigenvalue weighted by Crippen LogP contribution is -2.45. The Hall–Kier alpha value is -1.95. The zero-order valence-corrected chi connectivity index (χ0v) is 16.0. The molecule has 2 rings (SSSR count). The van der Waals surface area contributed by atoms with Crippen LogP contribution in [0.15, 0.2) is 35.5 Å². The Morgan fingerprint density at radius 1 is 1.28 bits per heavy atom. The van der Waals surface area contributed by atoms with Crippen LogP contribution in [0.2, 0.25) is 0 Å². The first-order chi connectivity index (χ1) is 11.9. The molecular formula is C19H26N2O3S. The van der Waals surface area contributed by atoms with E-state index in [1.807, 2.05) is 24.3 Å². The second-order valence-electron chi connectivity index (χ2n) is 6.22. The first-order valence-electron chi connectivity index (χ1n) is 8.57. The number of allylic oxidation sites excluding steroid dienone is 1. The molecule has 6 heteroatoms. The zero-order valence-electron chi connectivity index (χ0n) is 15.2. The molecule has 1 aromatic rings. The fourth-order valence-corrected chi connectivity index (χ4v) is 3.19. The van der Waals surface area contributed by atoms with E-state index in [0.29, 0.717) is 23.8 Å². The third-order valence-corrected chi connectivity index (χ3v) is 4.95. The summed E-state index contributed by atoms with van der Waals surface area (Å²) in [6.07, 6.45) is 0. The van der Waals surface area contributed by atoms with Crippen molar-refractivity contribution in [3.63, 3.8) is 0 Å². The van der Waals surface area contributed by atoms with Crippen LogP contribution in [0.3, 0.4) is 0 Å². The SMILES string of the molecule is CCSCCOC(=O)C1=C(C)NC(=O)N[C@@H]1c1ccc(C(C)C)cc1. The van der Waals surface area contributed by atoms with Crippen LogP contribution in [0.1, 0.15) is 50.8 Å². The van der Waals surface area contributed by atoms with Crippen molar-refractivity contribution in [2.24, 2.45) is 0 Å². The van der Waals surface area contributed by atoms with Gasteiger partial charge in [0.05, 0.1) is 11.6 Å². The summed E-state index contributed by atoms with van der Waals surface area (Å²) >= 11 is 1.72. The van der Waals surface area contributed by atoms with Gasteiger partial charge < -0.3 is 15.4 Å². The van der Waals surface area contributed by atoms with Gasteiger partial charge in [0, 0.05) is 11.4 Å². The standard InChI is InChI=1S/C19H26N2O3S/c1-5-25-11-10-24-18(22)16-13(4)20-19(23)21-17(16)15-8-6-14(7-9-15)12(2)3/h6-9,12,17H,5,10-11H2,1-4H3,(H2,20,21,23)/t17-/m1/s1. The predicted octanol–water partition coefficient (Wildman–Crippen LogP) is 3.73. The average Bonchev–Trinajstić information content (AvgIpc) is 2.58. The summed E-state index contributed by atoms with van der Waals surface area (Å²) in [5.74, 6) is 1.79. The molecule has 0 unspecified atom stereocenters. The zero-order chi connectivity index (χ0) is 18.4. The molecule has 0 bridgehead atoms. The number of benzene rings is 1. The molecule has 2 N–H and O–H groups in total. The van der Waals surface area contributed by atoms with Gasteiger partial charge >= 0.3 is 12.0 Å². The lowest BCUT2D eigenvalue weighted by Gasteiger charge is -2.28. The highest BCUT2D eigenvalue weighted by atomic mass is 32.2. The summed E-state index contributed by atoms with van der Waals surface area (Å²) < 4.78 is 5.39. The van der Waals surface area contributed by atoms with Gasteiger partial charge in [0.1, 0.15) is 6.61 Å². The molecule has 0 fully saturated rings.